The molecule has 1 rings (SSSR count). The lowest BCUT2D eigenvalue weighted by molar-refractivity contribution is -0.132. The largest absolute Gasteiger partial charge is 0.390 e. The maximum Gasteiger partial charge on any atom is 0.390 e. The van der Waals surface area contributed by atoms with Gasteiger partial charge in [-0.1, -0.05) is 0 Å². The molecule has 6 nitrogen and oxygen atoms in total. The number of hydrogen-bond acceptors (Lipinski definition) is 4. The summed E-state index contributed by atoms with van der Waals surface area (Å²) in [5, 5.41) is 5.58. The van der Waals surface area contributed by atoms with Gasteiger partial charge in [-0.15, -0.1) is 35.3 Å². The van der Waals surface area contributed by atoms with E-state index < -0.39 is 22.6 Å². The van der Waals surface area contributed by atoms with Gasteiger partial charge in [-0.05, 0) is 26.0 Å². The number of nitrogens with zero attached hydrogens (tertiary/aromatic N) is 1. The normalized spacial score (nSPS) is 12.6. The maximum absolute atomic E-state index is 12.1. The standard InChI is InChI=1S/C13H21F3N4O2S2.HI/c1-3-17-12(18-7-6-13(14,15)16)19-8-9-20-24(21,22)11-5-4-10(2)23-11;/h4-5,20H,3,6-9H2,1-2H3,(H2,17,18,19);1H. The van der Waals surface area contributed by atoms with Crippen LogP contribution in [0.3, 0.4) is 0 Å². The van der Waals surface area contributed by atoms with Crippen molar-refractivity contribution in [3.8, 4) is 0 Å². The lowest BCUT2D eigenvalue weighted by Crippen LogP contribution is -2.41. The highest BCUT2D eigenvalue weighted by Gasteiger charge is 2.26. The molecule has 0 aliphatic rings. The van der Waals surface area contributed by atoms with Gasteiger partial charge >= 0.3 is 6.18 Å². The summed E-state index contributed by atoms with van der Waals surface area (Å²) in [6.07, 6.45) is -5.26. The minimum absolute atomic E-state index is 0. The Balaban J connectivity index is 0.00000576. The third kappa shape index (κ3) is 10.2. The van der Waals surface area contributed by atoms with Crippen molar-refractivity contribution in [3.63, 3.8) is 0 Å². The minimum atomic E-state index is -4.25. The first kappa shape index (κ1) is 24.4. The first-order valence-corrected chi connectivity index (χ1v) is 9.59. The van der Waals surface area contributed by atoms with Gasteiger partial charge in [0.25, 0.3) is 0 Å². The SMILES string of the molecule is CCNC(=NCCC(F)(F)F)NCCNS(=O)(=O)c1ccc(C)s1.I. The summed E-state index contributed by atoms with van der Waals surface area (Å²) in [5.41, 5.74) is 0. The molecular weight excluding hydrogens is 492 g/mol. The van der Waals surface area contributed by atoms with Gasteiger partial charge in [0.15, 0.2) is 5.96 Å². The Morgan fingerprint density at radius 3 is 2.44 bits per heavy atom. The van der Waals surface area contributed by atoms with Crippen LogP contribution in [-0.2, 0) is 10.0 Å². The summed E-state index contributed by atoms with van der Waals surface area (Å²) in [6, 6.07) is 3.24. The van der Waals surface area contributed by atoms with Crippen LogP contribution in [0.15, 0.2) is 21.3 Å². The van der Waals surface area contributed by atoms with Crippen molar-refractivity contribution >= 4 is 51.3 Å². The third-order valence-electron chi connectivity index (χ3n) is 2.70. The smallest absolute Gasteiger partial charge is 0.357 e. The average Bonchev–Trinajstić information content (AvgIpc) is 2.89. The van der Waals surface area contributed by atoms with Crippen molar-refractivity contribution in [2.45, 2.75) is 30.7 Å². The molecule has 12 heteroatoms. The number of hydrogen-bond donors (Lipinski definition) is 3. The summed E-state index contributed by atoms with van der Waals surface area (Å²) in [5.74, 6) is 0.216. The minimum Gasteiger partial charge on any atom is -0.357 e. The Morgan fingerprint density at radius 1 is 1.24 bits per heavy atom. The number of sulfonamides is 1. The molecule has 0 radical (unpaired) electrons. The van der Waals surface area contributed by atoms with Crippen molar-refractivity contribution < 1.29 is 21.6 Å². The van der Waals surface area contributed by atoms with E-state index in [1.54, 1.807) is 13.0 Å². The van der Waals surface area contributed by atoms with Gasteiger partial charge in [0.1, 0.15) is 4.21 Å². The van der Waals surface area contributed by atoms with Crippen LogP contribution in [-0.4, -0.2) is 46.7 Å². The van der Waals surface area contributed by atoms with Crippen molar-refractivity contribution in [2.75, 3.05) is 26.2 Å². The third-order valence-corrected chi connectivity index (χ3v) is 5.65. The molecule has 0 bridgehead atoms. The molecule has 0 fully saturated rings. The van der Waals surface area contributed by atoms with E-state index in [2.05, 4.69) is 20.3 Å². The monoisotopic (exact) mass is 514 g/mol. The van der Waals surface area contributed by atoms with E-state index in [1.165, 1.54) is 17.4 Å². The van der Waals surface area contributed by atoms with E-state index in [0.717, 1.165) is 4.88 Å². The highest BCUT2D eigenvalue weighted by atomic mass is 127. The highest BCUT2D eigenvalue weighted by molar-refractivity contribution is 14.0. The molecule has 1 heterocycles. The van der Waals surface area contributed by atoms with Gasteiger partial charge in [0.2, 0.25) is 10.0 Å². The molecule has 3 N–H and O–H groups in total. The summed E-state index contributed by atoms with van der Waals surface area (Å²) in [7, 11) is -3.57. The van der Waals surface area contributed by atoms with Gasteiger partial charge in [0, 0.05) is 24.5 Å². The van der Waals surface area contributed by atoms with Crippen LogP contribution in [0.1, 0.15) is 18.2 Å². The molecule has 0 aromatic carbocycles. The van der Waals surface area contributed by atoms with E-state index in [0.29, 0.717) is 6.54 Å². The molecular formula is C13H22F3IN4O2S2. The van der Waals surface area contributed by atoms with Crippen molar-refractivity contribution in [3.05, 3.63) is 17.0 Å². The van der Waals surface area contributed by atoms with Gasteiger partial charge in [-0.25, -0.2) is 13.1 Å². The van der Waals surface area contributed by atoms with E-state index in [4.69, 9.17) is 0 Å². The second-order valence-electron chi connectivity index (χ2n) is 4.82. The van der Waals surface area contributed by atoms with Crippen LogP contribution in [0.2, 0.25) is 0 Å². The summed E-state index contributed by atoms with van der Waals surface area (Å²) in [6.45, 7) is 3.97. The fourth-order valence-corrected chi connectivity index (χ4v) is 3.99. The quantitative estimate of drug-likeness (QED) is 0.216. The average molecular weight is 514 g/mol. The molecule has 0 saturated heterocycles. The molecule has 0 aliphatic carbocycles. The highest BCUT2D eigenvalue weighted by Crippen LogP contribution is 2.20. The molecule has 0 atom stereocenters. The lowest BCUT2D eigenvalue weighted by Gasteiger charge is -2.12. The molecule has 25 heavy (non-hydrogen) atoms. The molecule has 0 spiro atoms. The predicted molar refractivity (Wildman–Crippen MR) is 104 cm³/mol. The number of guanidine groups is 1. The van der Waals surface area contributed by atoms with E-state index >= 15 is 0 Å². The van der Waals surface area contributed by atoms with Gasteiger partial charge in [0.05, 0.1) is 13.0 Å². The van der Waals surface area contributed by atoms with Crippen LogP contribution >= 0.6 is 35.3 Å². The fraction of sp³-hybridized carbons (Fsp3) is 0.615. The first-order chi connectivity index (χ1) is 11.1. The van der Waals surface area contributed by atoms with Crippen LogP contribution in [0.4, 0.5) is 13.2 Å². The zero-order valence-electron chi connectivity index (χ0n) is 13.8. The summed E-state index contributed by atoms with van der Waals surface area (Å²) < 4.78 is 63.0. The van der Waals surface area contributed by atoms with Gasteiger partial charge < -0.3 is 10.6 Å². The molecule has 0 amide bonds. The number of aryl methyl sites for hydroxylation is 1. The Bertz CT molecular complexity index is 648. The number of rotatable bonds is 8. The van der Waals surface area contributed by atoms with Crippen LogP contribution in [0, 0.1) is 6.92 Å². The number of alkyl halides is 3. The topological polar surface area (TPSA) is 82.6 Å². The second kappa shape index (κ2) is 11.2. The molecule has 0 unspecified atom stereocenters. The number of aliphatic imine (C=N–C) groups is 1. The van der Waals surface area contributed by atoms with E-state index in [1.807, 2.05) is 6.92 Å². The van der Waals surface area contributed by atoms with E-state index in [-0.39, 0.29) is 53.8 Å². The number of thiophene rings is 1. The Labute approximate surface area is 166 Å². The van der Waals surface area contributed by atoms with Gasteiger partial charge in [-0.2, -0.15) is 13.2 Å². The van der Waals surface area contributed by atoms with Crippen molar-refractivity contribution in [1.82, 2.24) is 15.4 Å². The van der Waals surface area contributed by atoms with Gasteiger partial charge in [-0.3, -0.25) is 4.99 Å². The van der Waals surface area contributed by atoms with Crippen LogP contribution in [0.25, 0.3) is 0 Å². The fourth-order valence-electron chi connectivity index (χ4n) is 1.63. The van der Waals surface area contributed by atoms with E-state index in [9.17, 15) is 21.6 Å². The Hall–Kier alpha value is -0.600. The zero-order chi connectivity index (χ0) is 18.2. The van der Waals surface area contributed by atoms with Crippen LogP contribution < -0.4 is 15.4 Å². The maximum atomic E-state index is 12.1. The number of halogens is 4. The van der Waals surface area contributed by atoms with Crippen LogP contribution in [0.5, 0.6) is 0 Å². The Morgan fingerprint density at radius 2 is 1.92 bits per heavy atom. The second-order valence-corrected chi connectivity index (χ2v) is 8.10. The molecule has 1 aromatic heterocycles. The predicted octanol–water partition coefficient (Wildman–Crippen LogP) is 2.46. The van der Waals surface area contributed by atoms with Crippen molar-refractivity contribution in [2.24, 2.45) is 4.99 Å². The number of nitrogens with one attached hydrogen (secondary N) is 3. The lowest BCUT2D eigenvalue weighted by atomic mass is 10.4. The Kier molecular flexibility index (Phi) is 10.9. The summed E-state index contributed by atoms with van der Waals surface area (Å²) >= 11 is 1.17. The molecule has 0 aliphatic heterocycles. The summed E-state index contributed by atoms with van der Waals surface area (Å²) in [4.78, 5) is 4.68. The van der Waals surface area contributed by atoms with Crippen molar-refractivity contribution in [1.29, 1.82) is 0 Å². The zero-order valence-corrected chi connectivity index (χ0v) is 17.8. The first-order valence-electron chi connectivity index (χ1n) is 7.29. The molecule has 1 aromatic rings. The molecule has 146 valence electrons. The molecule has 0 saturated carbocycles.